The zero-order valence-corrected chi connectivity index (χ0v) is 14.7. The van der Waals surface area contributed by atoms with Gasteiger partial charge in [-0.15, -0.1) is 0 Å². The monoisotopic (exact) mass is 385 g/mol. The number of nitrogens with zero attached hydrogens (tertiary/aromatic N) is 4. The molecule has 0 bridgehead atoms. The molecular weight excluding hydrogens is 374 g/mol. The largest absolute Gasteiger partial charge is 0.292 e. The summed E-state index contributed by atoms with van der Waals surface area (Å²) in [6.45, 7) is 0. The van der Waals surface area contributed by atoms with E-state index < -0.39 is 10.8 Å². The van der Waals surface area contributed by atoms with Gasteiger partial charge in [0.25, 0.3) is 17.2 Å². The summed E-state index contributed by atoms with van der Waals surface area (Å²) in [5.74, 6) is -0.639. The predicted octanol–water partition coefficient (Wildman–Crippen LogP) is 2.26. The number of amides is 1. The van der Waals surface area contributed by atoms with Crippen LogP contribution in [-0.2, 0) is 7.05 Å². The maximum atomic E-state index is 12.4. The van der Waals surface area contributed by atoms with E-state index in [0.717, 1.165) is 4.68 Å². The zero-order valence-electron chi connectivity index (χ0n) is 13.9. The lowest BCUT2D eigenvalue weighted by molar-refractivity contribution is -0.384. The molecule has 0 aliphatic heterocycles. The van der Waals surface area contributed by atoms with Crippen LogP contribution < -0.4 is 11.0 Å². The van der Waals surface area contributed by atoms with Gasteiger partial charge in [-0.2, -0.15) is 10.2 Å². The number of carbonyl (C=O) groups excluding carboxylic acids is 1. The third kappa shape index (κ3) is 3.67. The molecule has 0 unspecified atom stereocenters. The molecule has 0 aliphatic carbocycles. The smallest absolute Gasteiger partial charge is 0.267 e. The van der Waals surface area contributed by atoms with Crippen LogP contribution in [0.4, 0.5) is 5.69 Å². The van der Waals surface area contributed by atoms with Crippen LogP contribution in [0.1, 0.15) is 16.1 Å². The Kier molecular flexibility index (Phi) is 4.95. The highest BCUT2D eigenvalue weighted by Crippen LogP contribution is 2.20. The Morgan fingerprint density at radius 1 is 1.30 bits per heavy atom. The topological polar surface area (TPSA) is 119 Å². The van der Waals surface area contributed by atoms with E-state index in [1.54, 1.807) is 24.3 Å². The minimum absolute atomic E-state index is 0.0231. The number of fused-ring (bicyclic) bond motifs is 1. The molecule has 0 saturated carbocycles. The van der Waals surface area contributed by atoms with Gasteiger partial charge in [0.1, 0.15) is 0 Å². The fraction of sp³-hybridized carbons (Fsp3) is 0.0588. The van der Waals surface area contributed by atoms with E-state index in [4.69, 9.17) is 11.6 Å². The summed E-state index contributed by atoms with van der Waals surface area (Å²) in [6.07, 6.45) is 1.19. The van der Waals surface area contributed by atoms with Gasteiger partial charge < -0.3 is 0 Å². The fourth-order valence-corrected chi connectivity index (χ4v) is 2.59. The molecule has 10 heteroatoms. The van der Waals surface area contributed by atoms with Gasteiger partial charge in [0.05, 0.1) is 16.5 Å². The summed E-state index contributed by atoms with van der Waals surface area (Å²) < 4.78 is 1.07. The van der Waals surface area contributed by atoms with Gasteiger partial charge in [-0.25, -0.2) is 10.1 Å². The Morgan fingerprint density at radius 2 is 2.00 bits per heavy atom. The van der Waals surface area contributed by atoms with Crippen molar-refractivity contribution in [3.63, 3.8) is 0 Å². The Morgan fingerprint density at radius 3 is 2.70 bits per heavy atom. The molecule has 0 fully saturated rings. The lowest BCUT2D eigenvalue weighted by Crippen LogP contribution is -2.27. The van der Waals surface area contributed by atoms with Crippen LogP contribution in [0.15, 0.2) is 52.4 Å². The predicted molar refractivity (Wildman–Crippen MR) is 100 cm³/mol. The van der Waals surface area contributed by atoms with E-state index in [-0.39, 0.29) is 27.5 Å². The molecule has 136 valence electrons. The van der Waals surface area contributed by atoms with Crippen molar-refractivity contribution >= 4 is 40.2 Å². The lowest BCUT2D eigenvalue weighted by atomic mass is 10.1. The van der Waals surface area contributed by atoms with Crippen LogP contribution >= 0.6 is 11.6 Å². The van der Waals surface area contributed by atoms with Gasteiger partial charge in [0, 0.05) is 35.2 Å². The molecule has 9 nitrogen and oxygen atoms in total. The van der Waals surface area contributed by atoms with Crippen molar-refractivity contribution in [2.24, 2.45) is 12.1 Å². The highest BCUT2D eigenvalue weighted by molar-refractivity contribution is 6.33. The summed E-state index contributed by atoms with van der Waals surface area (Å²) in [6, 6.07) is 10.4. The van der Waals surface area contributed by atoms with Crippen molar-refractivity contribution in [2.45, 2.75) is 0 Å². The van der Waals surface area contributed by atoms with Crippen LogP contribution in [0.3, 0.4) is 0 Å². The SMILES string of the molecule is Cn1nc(C(=O)N/N=C/c2cc([N+](=O)[O-])ccc2Cl)c2ccccc2c1=O. The number of halogens is 1. The number of hydrogen-bond acceptors (Lipinski definition) is 6. The number of aromatic nitrogens is 2. The normalized spacial score (nSPS) is 11.0. The Balaban J connectivity index is 1.89. The van der Waals surface area contributed by atoms with E-state index in [2.05, 4.69) is 15.6 Å². The minimum atomic E-state index is -0.639. The van der Waals surface area contributed by atoms with Gasteiger partial charge in [0.15, 0.2) is 5.69 Å². The molecule has 1 aromatic heterocycles. The second kappa shape index (κ2) is 7.34. The second-order valence-electron chi connectivity index (χ2n) is 5.49. The maximum absolute atomic E-state index is 12.4. The number of nitro groups is 1. The number of benzene rings is 2. The molecule has 0 aliphatic rings. The maximum Gasteiger partial charge on any atom is 0.292 e. The molecule has 27 heavy (non-hydrogen) atoms. The summed E-state index contributed by atoms with van der Waals surface area (Å²) in [5.41, 5.74) is 2.10. The summed E-state index contributed by atoms with van der Waals surface area (Å²) in [7, 11) is 1.44. The van der Waals surface area contributed by atoms with E-state index in [1.165, 1.54) is 31.5 Å². The highest BCUT2D eigenvalue weighted by Gasteiger charge is 2.15. The van der Waals surface area contributed by atoms with Crippen molar-refractivity contribution in [2.75, 3.05) is 0 Å². The zero-order chi connectivity index (χ0) is 19.6. The van der Waals surface area contributed by atoms with Crippen LogP contribution in [0.5, 0.6) is 0 Å². The Labute approximate surface area is 157 Å². The van der Waals surface area contributed by atoms with Crippen LogP contribution in [0, 0.1) is 10.1 Å². The van der Waals surface area contributed by atoms with E-state index in [0.29, 0.717) is 10.8 Å². The first-order chi connectivity index (χ1) is 12.9. The molecule has 1 heterocycles. The third-order valence-electron chi connectivity index (χ3n) is 3.73. The average molecular weight is 386 g/mol. The molecule has 0 atom stereocenters. The average Bonchev–Trinajstić information content (AvgIpc) is 2.65. The number of aryl methyl sites for hydroxylation is 1. The van der Waals surface area contributed by atoms with E-state index >= 15 is 0 Å². The molecule has 2 aromatic carbocycles. The number of carbonyl (C=O) groups is 1. The molecule has 1 N–H and O–H groups in total. The summed E-state index contributed by atoms with van der Waals surface area (Å²) >= 11 is 5.97. The first-order valence-electron chi connectivity index (χ1n) is 7.62. The number of hydrogen-bond donors (Lipinski definition) is 1. The first-order valence-corrected chi connectivity index (χ1v) is 7.99. The number of nitro benzene ring substituents is 1. The van der Waals surface area contributed by atoms with Crippen LogP contribution in [-0.4, -0.2) is 26.8 Å². The van der Waals surface area contributed by atoms with E-state index in [1.807, 2.05) is 0 Å². The Bertz CT molecular complexity index is 1160. The van der Waals surface area contributed by atoms with Gasteiger partial charge in [-0.1, -0.05) is 29.8 Å². The summed E-state index contributed by atoms with van der Waals surface area (Å²) in [4.78, 5) is 34.8. The molecular formula is C17H12ClN5O4. The number of hydrazone groups is 1. The quantitative estimate of drug-likeness (QED) is 0.419. The third-order valence-corrected chi connectivity index (χ3v) is 4.08. The number of rotatable bonds is 4. The standard InChI is InChI=1S/C17H12ClN5O4/c1-22-17(25)13-5-3-2-4-12(13)15(21-22)16(24)20-19-9-10-8-11(23(26)27)6-7-14(10)18/h2-9H,1H3,(H,20,24)/b19-9+. The lowest BCUT2D eigenvalue weighted by Gasteiger charge is -2.06. The van der Waals surface area contributed by atoms with Crippen molar-refractivity contribution in [3.05, 3.63) is 79.2 Å². The van der Waals surface area contributed by atoms with Gasteiger partial charge in [-0.3, -0.25) is 19.7 Å². The molecule has 0 radical (unpaired) electrons. The number of non-ortho nitro benzene ring substituents is 1. The van der Waals surface area contributed by atoms with Crippen LogP contribution in [0.2, 0.25) is 5.02 Å². The molecule has 0 saturated heterocycles. The second-order valence-corrected chi connectivity index (χ2v) is 5.89. The van der Waals surface area contributed by atoms with Gasteiger partial charge in [0.2, 0.25) is 0 Å². The minimum Gasteiger partial charge on any atom is -0.267 e. The molecule has 0 spiro atoms. The molecule has 3 aromatic rings. The van der Waals surface area contributed by atoms with Crippen LogP contribution in [0.25, 0.3) is 10.8 Å². The van der Waals surface area contributed by atoms with Crippen molar-refractivity contribution in [3.8, 4) is 0 Å². The molecule has 3 rings (SSSR count). The van der Waals surface area contributed by atoms with Gasteiger partial charge in [-0.05, 0) is 12.1 Å². The fourth-order valence-electron chi connectivity index (χ4n) is 2.42. The summed E-state index contributed by atoms with van der Waals surface area (Å²) in [5, 5.41) is 19.6. The first kappa shape index (κ1) is 18.2. The Hall–Kier alpha value is -3.59. The highest BCUT2D eigenvalue weighted by atomic mass is 35.5. The van der Waals surface area contributed by atoms with Crippen molar-refractivity contribution in [1.29, 1.82) is 0 Å². The van der Waals surface area contributed by atoms with E-state index in [9.17, 15) is 19.7 Å². The van der Waals surface area contributed by atoms with Crippen molar-refractivity contribution < 1.29 is 9.72 Å². The molecule has 1 amide bonds. The van der Waals surface area contributed by atoms with Gasteiger partial charge >= 0.3 is 0 Å². The number of nitrogens with one attached hydrogen (secondary N) is 1. The van der Waals surface area contributed by atoms with Crippen molar-refractivity contribution in [1.82, 2.24) is 15.2 Å².